The molecule has 0 radical (unpaired) electrons. The Kier molecular flexibility index (Phi) is 5.99. The van der Waals surface area contributed by atoms with Gasteiger partial charge in [-0.25, -0.2) is 14.5 Å². The lowest BCUT2D eigenvalue weighted by atomic mass is 10.2. The molecule has 7 heteroatoms. The molecule has 0 unspecified atom stereocenters. The molecule has 30 heavy (non-hydrogen) atoms. The number of methoxy groups -OCH3 is 1. The number of ether oxygens (including phenoxy) is 2. The monoisotopic (exact) mass is 419 g/mol. The Labute approximate surface area is 178 Å². The largest absolute Gasteiger partial charge is 0.493 e. The molecule has 0 atom stereocenters. The Morgan fingerprint density at radius 1 is 1.00 bits per heavy atom. The molecule has 0 spiro atoms. The third kappa shape index (κ3) is 4.16. The summed E-state index contributed by atoms with van der Waals surface area (Å²) in [7, 11) is 1.61. The lowest BCUT2D eigenvalue weighted by Gasteiger charge is -2.13. The summed E-state index contributed by atoms with van der Waals surface area (Å²) in [6.07, 6.45) is 1.75. The van der Waals surface area contributed by atoms with Gasteiger partial charge in [0.1, 0.15) is 5.82 Å². The molecule has 0 aliphatic heterocycles. The van der Waals surface area contributed by atoms with Crippen LogP contribution in [0, 0.1) is 6.92 Å². The van der Waals surface area contributed by atoms with E-state index in [-0.39, 0.29) is 5.56 Å². The first kappa shape index (κ1) is 20.0. The van der Waals surface area contributed by atoms with Gasteiger partial charge in [-0.15, -0.1) is 0 Å². The zero-order valence-electron chi connectivity index (χ0n) is 16.7. The third-order valence-electron chi connectivity index (χ3n) is 4.51. The number of aryl methyl sites for hydroxylation is 1. The van der Waals surface area contributed by atoms with Crippen molar-refractivity contribution in [3.05, 3.63) is 82.8 Å². The summed E-state index contributed by atoms with van der Waals surface area (Å²) in [4.78, 5) is 22.4. The second kappa shape index (κ2) is 9.00. The van der Waals surface area contributed by atoms with Crippen LogP contribution in [0.15, 0.2) is 76.8 Å². The van der Waals surface area contributed by atoms with Gasteiger partial charge >= 0.3 is 0 Å². The Morgan fingerprint density at radius 2 is 1.77 bits per heavy atom. The summed E-state index contributed by atoms with van der Waals surface area (Å²) in [6.45, 7) is 2.40. The highest BCUT2D eigenvalue weighted by molar-refractivity contribution is 7.99. The number of hydrogen-bond acceptors (Lipinski definition) is 6. The average Bonchev–Trinajstić information content (AvgIpc) is 2.78. The molecular weight excluding hydrogens is 398 g/mol. The molecule has 0 saturated carbocycles. The predicted octanol–water partition coefficient (Wildman–Crippen LogP) is 4.27. The predicted molar refractivity (Wildman–Crippen MR) is 119 cm³/mol. The molecular formula is C23H21N3O3S. The van der Waals surface area contributed by atoms with Crippen molar-refractivity contribution in [1.82, 2.24) is 14.5 Å². The van der Waals surface area contributed by atoms with Crippen LogP contribution in [0.3, 0.4) is 0 Å². The van der Waals surface area contributed by atoms with Crippen molar-refractivity contribution < 1.29 is 9.47 Å². The quantitative estimate of drug-likeness (QED) is 0.253. The number of thioether (sulfide) groups is 1. The Balaban J connectivity index is 1.61. The van der Waals surface area contributed by atoms with Crippen molar-refractivity contribution in [2.75, 3.05) is 19.5 Å². The van der Waals surface area contributed by atoms with Gasteiger partial charge in [0.25, 0.3) is 5.56 Å². The summed E-state index contributed by atoms with van der Waals surface area (Å²) in [5, 5.41) is 1.15. The molecule has 0 fully saturated rings. The van der Waals surface area contributed by atoms with E-state index in [2.05, 4.69) is 4.98 Å². The first-order chi connectivity index (χ1) is 14.7. The van der Waals surface area contributed by atoms with E-state index in [9.17, 15) is 4.79 Å². The maximum absolute atomic E-state index is 13.2. The lowest BCUT2D eigenvalue weighted by molar-refractivity contribution is 0.313. The van der Waals surface area contributed by atoms with Gasteiger partial charge in [-0.2, -0.15) is 0 Å². The highest BCUT2D eigenvalue weighted by Crippen LogP contribution is 2.26. The van der Waals surface area contributed by atoms with E-state index in [0.717, 1.165) is 5.56 Å². The molecule has 0 saturated heterocycles. The van der Waals surface area contributed by atoms with Crippen molar-refractivity contribution in [1.29, 1.82) is 0 Å². The van der Waals surface area contributed by atoms with E-state index in [0.29, 0.717) is 45.7 Å². The van der Waals surface area contributed by atoms with E-state index in [1.165, 1.54) is 11.8 Å². The van der Waals surface area contributed by atoms with Gasteiger partial charge in [0, 0.05) is 11.9 Å². The molecule has 6 nitrogen and oxygen atoms in total. The van der Waals surface area contributed by atoms with E-state index in [1.54, 1.807) is 23.9 Å². The first-order valence-corrected chi connectivity index (χ1v) is 10.5. The number of aromatic nitrogens is 3. The molecule has 0 aliphatic rings. The van der Waals surface area contributed by atoms with Crippen LogP contribution in [0.4, 0.5) is 0 Å². The normalized spacial score (nSPS) is 10.9. The molecule has 4 rings (SSSR count). The number of fused-ring (bicyclic) bond motifs is 1. The fourth-order valence-electron chi connectivity index (χ4n) is 3.03. The minimum Gasteiger partial charge on any atom is -0.493 e. The van der Waals surface area contributed by atoms with Gasteiger partial charge in [0.2, 0.25) is 0 Å². The molecule has 2 heterocycles. The molecule has 0 amide bonds. The van der Waals surface area contributed by atoms with Crippen LogP contribution < -0.4 is 15.0 Å². The van der Waals surface area contributed by atoms with Gasteiger partial charge < -0.3 is 9.47 Å². The number of para-hydroxylation sites is 3. The maximum Gasteiger partial charge on any atom is 0.267 e. The van der Waals surface area contributed by atoms with Crippen molar-refractivity contribution in [2.24, 2.45) is 0 Å². The lowest BCUT2D eigenvalue weighted by Crippen LogP contribution is -2.23. The fourth-order valence-corrected chi connectivity index (χ4v) is 3.84. The topological polar surface area (TPSA) is 66.2 Å². The van der Waals surface area contributed by atoms with E-state index in [4.69, 9.17) is 14.5 Å². The summed E-state index contributed by atoms with van der Waals surface area (Å²) < 4.78 is 12.7. The van der Waals surface area contributed by atoms with E-state index in [1.807, 2.05) is 61.5 Å². The van der Waals surface area contributed by atoms with Crippen LogP contribution in [-0.4, -0.2) is 34.0 Å². The number of hydrogen-bond donors (Lipinski definition) is 0. The van der Waals surface area contributed by atoms with Crippen LogP contribution in [0.2, 0.25) is 0 Å². The van der Waals surface area contributed by atoms with E-state index >= 15 is 0 Å². The second-order valence-electron chi connectivity index (χ2n) is 6.59. The highest BCUT2D eigenvalue weighted by atomic mass is 32.2. The maximum atomic E-state index is 13.2. The van der Waals surface area contributed by atoms with Crippen molar-refractivity contribution in [2.45, 2.75) is 12.1 Å². The van der Waals surface area contributed by atoms with Gasteiger partial charge in [-0.05, 0) is 42.8 Å². The SMILES string of the molecule is COc1ccccc1OCCSc1nc2ccccc2c(=O)n1-c1ccc(C)cn1. The second-order valence-corrected chi connectivity index (χ2v) is 7.66. The number of benzene rings is 2. The fraction of sp³-hybridized carbons (Fsp3) is 0.174. The summed E-state index contributed by atoms with van der Waals surface area (Å²) >= 11 is 1.45. The number of rotatable bonds is 7. The molecule has 2 aromatic heterocycles. The molecule has 152 valence electrons. The van der Waals surface area contributed by atoms with Gasteiger partial charge in [-0.3, -0.25) is 4.79 Å². The Bertz CT molecular complexity index is 1220. The highest BCUT2D eigenvalue weighted by Gasteiger charge is 2.14. The zero-order valence-corrected chi connectivity index (χ0v) is 17.6. The van der Waals surface area contributed by atoms with Gasteiger partial charge in [0.15, 0.2) is 16.7 Å². The standard InChI is InChI=1S/C23H21N3O3S/c1-16-11-12-21(24-15-16)26-22(27)17-7-3-4-8-18(17)25-23(26)30-14-13-29-20-10-6-5-9-19(20)28-2/h3-12,15H,13-14H2,1-2H3. The molecule has 0 N–H and O–H groups in total. The van der Waals surface area contributed by atoms with Crippen LogP contribution in [0.1, 0.15) is 5.56 Å². The van der Waals surface area contributed by atoms with Crippen molar-refractivity contribution in [3.63, 3.8) is 0 Å². The molecule has 0 bridgehead atoms. The molecule has 0 aliphatic carbocycles. The van der Waals surface area contributed by atoms with Gasteiger partial charge in [-0.1, -0.05) is 42.1 Å². The van der Waals surface area contributed by atoms with E-state index < -0.39 is 0 Å². The van der Waals surface area contributed by atoms with Crippen molar-refractivity contribution in [3.8, 4) is 17.3 Å². The minimum atomic E-state index is -0.134. The third-order valence-corrected chi connectivity index (χ3v) is 5.41. The molecule has 4 aromatic rings. The molecule has 2 aromatic carbocycles. The smallest absolute Gasteiger partial charge is 0.267 e. The Morgan fingerprint density at radius 3 is 2.53 bits per heavy atom. The number of pyridine rings is 1. The van der Waals surface area contributed by atoms with Gasteiger partial charge in [0.05, 0.1) is 24.6 Å². The summed E-state index contributed by atoms with van der Waals surface area (Å²) in [5.41, 5.74) is 1.56. The zero-order chi connectivity index (χ0) is 20.9. The summed E-state index contributed by atoms with van der Waals surface area (Å²) in [5.74, 6) is 2.53. The summed E-state index contributed by atoms with van der Waals surface area (Å²) in [6, 6.07) is 18.6. The first-order valence-electron chi connectivity index (χ1n) is 9.51. The number of nitrogens with zero attached hydrogens (tertiary/aromatic N) is 3. The van der Waals surface area contributed by atoms with Crippen molar-refractivity contribution >= 4 is 22.7 Å². The minimum absolute atomic E-state index is 0.134. The van der Waals surface area contributed by atoms with Crippen LogP contribution in [-0.2, 0) is 0 Å². The van der Waals surface area contributed by atoms with Crippen LogP contribution in [0.5, 0.6) is 11.5 Å². The van der Waals surface area contributed by atoms with Crippen LogP contribution in [0.25, 0.3) is 16.7 Å². The Hall–Kier alpha value is -3.32. The van der Waals surface area contributed by atoms with Crippen LogP contribution >= 0.6 is 11.8 Å². The average molecular weight is 420 g/mol.